The van der Waals surface area contributed by atoms with Crippen molar-refractivity contribution in [1.82, 2.24) is 21.3 Å². The molecule has 2 aromatic rings. The number of aliphatic hydroxyl groups excluding tert-OH is 1. The average Bonchev–Trinajstić information content (AvgIpc) is 3.38. The van der Waals surface area contributed by atoms with Gasteiger partial charge in [-0.3, -0.25) is 19.2 Å². The van der Waals surface area contributed by atoms with Crippen LogP contribution in [0.3, 0.4) is 0 Å². The van der Waals surface area contributed by atoms with Crippen LogP contribution in [0, 0.1) is 17.8 Å². The van der Waals surface area contributed by atoms with Crippen molar-refractivity contribution in [3.05, 3.63) is 65.2 Å². The van der Waals surface area contributed by atoms with Crippen LogP contribution in [0.4, 0.5) is 0 Å². The summed E-state index contributed by atoms with van der Waals surface area (Å²) in [5.41, 5.74) is 7.91. The van der Waals surface area contributed by atoms with Gasteiger partial charge in [-0.25, -0.2) is 8.42 Å². The van der Waals surface area contributed by atoms with E-state index >= 15 is 0 Å². The third-order valence-corrected chi connectivity index (χ3v) is 12.3. The number of benzene rings is 2. The maximum absolute atomic E-state index is 14.1. The predicted octanol–water partition coefficient (Wildman–Crippen LogP) is 1.59. The third-order valence-electron chi connectivity index (χ3n) is 10.4. The number of carbonyl (C=O) groups excluding carboxylic acids is 4. The van der Waals surface area contributed by atoms with Gasteiger partial charge < -0.3 is 48.5 Å². The lowest BCUT2D eigenvalue weighted by molar-refractivity contribution is -0.133. The molecular weight excluding hydrogens is 790 g/mol. The summed E-state index contributed by atoms with van der Waals surface area (Å²) in [4.78, 5) is 54.6. The number of aliphatic hydroxyl groups is 1. The van der Waals surface area contributed by atoms with Gasteiger partial charge in [-0.1, -0.05) is 102 Å². The molecule has 15 nitrogen and oxygen atoms in total. The van der Waals surface area contributed by atoms with Gasteiger partial charge in [0, 0.05) is 31.8 Å². The maximum atomic E-state index is 14.1. The van der Waals surface area contributed by atoms with Crippen molar-refractivity contribution in [3.63, 3.8) is 0 Å². The second-order valence-electron chi connectivity index (χ2n) is 16.1. The Bertz CT molecular complexity index is 1690. The quantitative estimate of drug-likeness (QED) is 0.120. The molecule has 58 heavy (non-hydrogen) atoms. The molecule has 0 bridgehead atoms. The standard InChI is InChI=1S/C41H61N5O7S.ClH.3H2O/c1-26(2)17-34(40(50)45-33(19-28-11-7-5-8-12-28)36(47)22-38(48)43-24-27(3)4)46-41(51)35(20-29-13-9-6-10-14-29)44-39(49)21-31-25-54(52,53)37-16-15-30(23-42)18-32(31)37;;;;/h6,9-10,13-16,18,26-28,31,33-36,47H,5,7-8,11-12,17,19-25,42H2,1-4H3,(H,43,48)(H,44,49)(H,45,50)(H,46,51);1H;3*1H2/t31?,33-,34-,35-,36-;;;;/m0..../s1. The van der Waals surface area contributed by atoms with E-state index in [2.05, 4.69) is 21.3 Å². The van der Waals surface area contributed by atoms with Crippen molar-refractivity contribution in [2.45, 2.75) is 133 Å². The Morgan fingerprint density at radius 3 is 2.05 bits per heavy atom. The Kier molecular flexibility index (Phi) is 24.1. The van der Waals surface area contributed by atoms with Gasteiger partial charge in [-0.15, -0.1) is 12.4 Å². The number of amides is 4. The lowest BCUT2D eigenvalue weighted by atomic mass is 9.83. The lowest BCUT2D eigenvalue weighted by Gasteiger charge is -2.32. The summed E-state index contributed by atoms with van der Waals surface area (Å²) >= 11 is 0. The van der Waals surface area contributed by atoms with Crippen molar-refractivity contribution < 1.29 is 49.1 Å². The number of hydrogen-bond donors (Lipinski definition) is 6. The zero-order chi connectivity index (χ0) is 39.4. The first-order chi connectivity index (χ1) is 25.6. The van der Waals surface area contributed by atoms with Crippen LogP contribution in [-0.2, 0) is 42.0 Å². The molecule has 5 atom stereocenters. The van der Waals surface area contributed by atoms with E-state index in [9.17, 15) is 32.7 Å². The SMILES string of the molecule is CC(C)CNC(=O)C[C@H](O)[C@H](CC1CCCCC1)NC(=O)[C@H](CC(C)C)NC(=O)[C@H](Cc1ccccc1)NC(=O)CC1CS(=O)(=O)c2ccc(CN)cc21.Cl.O.O.O. The monoisotopic (exact) mass is 857 g/mol. The van der Waals surface area contributed by atoms with Gasteiger partial charge >= 0.3 is 0 Å². The van der Waals surface area contributed by atoms with Crippen LogP contribution in [0.5, 0.6) is 0 Å². The van der Waals surface area contributed by atoms with E-state index in [-0.39, 0.29) is 83.0 Å². The first-order valence-corrected chi connectivity index (χ1v) is 21.2. The fraction of sp³-hybridized carbons (Fsp3) is 0.610. The molecule has 0 saturated heterocycles. The van der Waals surface area contributed by atoms with Gasteiger partial charge in [0.05, 0.1) is 29.2 Å². The fourth-order valence-electron chi connectivity index (χ4n) is 7.55. The summed E-state index contributed by atoms with van der Waals surface area (Å²) in [6, 6.07) is 11.4. The zero-order valence-electron chi connectivity index (χ0n) is 34.2. The van der Waals surface area contributed by atoms with Crippen LogP contribution in [0.25, 0.3) is 0 Å². The summed E-state index contributed by atoms with van der Waals surface area (Å²) in [6.07, 6.45) is 4.81. The number of hydrogen-bond acceptors (Lipinski definition) is 8. The molecule has 0 radical (unpaired) electrons. The van der Waals surface area contributed by atoms with E-state index in [0.717, 1.165) is 43.2 Å². The average molecular weight is 859 g/mol. The first-order valence-electron chi connectivity index (χ1n) is 19.6. The number of rotatable bonds is 19. The molecule has 1 saturated carbocycles. The van der Waals surface area contributed by atoms with Crippen LogP contribution >= 0.6 is 12.4 Å². The predicted molar refractivity (Wildman–Crippen MR) is 227 cm³/mol. The van der Waals surface area contributed by atoms with E-state index < -0.39 is 57.7 Å². The fourth-order valence-corrected chi connectivity index (χ4v) is 9.42. The highest BCUT2D eigenvalue weighted by Crippen LogP contribution is 2.37. The summed E-state index contributed by atoms with van der Waals surface area (Å²) in [5, 5.41) is 22.9. The zero-order valence-corrected chi connectivity index (χ0v) is 35.9. The Labute approximate surface area is 349 Å². The highest BCUT2D eigenvalue weighted by Gasteiger charge is 2.37. The molecule has 1 unspecified atom stereocenters. The Morgan fingerprint density at radius 1 is 0.810 bits per heavy atom. The minimum Gasteiger partial charge on any atom is -0.412 e. The van der Waals surface area contributed by atoms with Gasteiger partial charge in [-0.2, -0.15) is 0 Å². The van der Waals surface area contributed by atoms with Gasteiger partial charge in [0.2, 0.25) is 23.6 Å². The molecule has 330 valence electrons. The lowest BCUT2D eigenvalue weighted by Crippen LogP contribution is -2.57. The largest absolute Gasteiger partial charge is 0.412 e. The number of nitrogens with two attached hydrogens (primary N) is 1. The van der Waals surface area contributed by atoms with Crippen molar-refractivity contribution in [1.29, 1.82) is 0 Å². The minimum absolute atomic E-state index is 0. The van der Waals surface area contributed by atoms with Crippen LogP contribution in [0.1, 0.15) is 108 Å². The van der Waals surface area contributed by atoms with Crippen molar-refractivity contribution in [2.75, 3.05) is 12.3 Å². The molecule has 0 aromatic heterocycles. The van der Waals surface area contributed by atoms with E-state index in [1.165, 1.54) is 6.07 Å². The second-order valence-corrected chi connectivity index (χ2v) is 18.1. The second kappa shape index (κ2) is 25.8. The number of halogens is 1. The summed E-state index contributed by atoms with van der Waals surface area (Å²) < 4.78 is 25.9. The van der Waals surface area contributed by atoms with E-state index in [0.29, 0.717) is 30.9 Å². The van der Waals surface area contributed by atoms with Crippen LogP contribution in [-0.4, -0.2) is 90.1 Å². The number of carbonyl (C=O) groups is 4. The summed E-state index contributed by atoms with van der Waals surface area (Å²) in [5.74, 6) is -2.07. The highest BCUT2D eigenvalue weighted by atomic mass is 35.5. The normalized spacial score (nSPS) is 17.7. The molecule has 1 fully saturated rings. The van der Waals surface area contributed by atoms with Crippen molar-refractivity contribution >= 4 is 45.9 Å². The topological polar surface area (TPSA) is 291 Å². The Morgan fingerprint density at radius 2 is 1.45 bits per heavy atom. The smallest absolute Gasteiger partial charge is 0.243 e. The Balaban J connectivity index is 0.00000812. The molecule has 1 aliphatic heterocycles. The van der Waals surface area contributed by atoms with Crippen LogP contribution in [0.15, 0.2) is 53.4 Å². The minimum atomic E-state index is -3.58. The van der Waals surface area contributed by atoms with Crippen LogP contribution in [0.2, 0.25) is 0 Å². The van der Waals surface area contributed by atoms with E-state index in [1.807, 2.05) is 58.0 Å². The first kappa shape index (κ1) is 54.4. The molecule has 1 heterocycles. The van der Waals surface area contributed by atoms with Crippen LogP contribution < -0.4 is 27.0 Å². The Hall–Kier alpha value is -3.64. The van der Waals surface area contributed by atoms with Crippen molar-refractivity contribution in [2.24, 2.45) is 23.5 Å². The third kappa shape index (κ3) is 16.5. The number of fused-ring (bicyclic) bond motifs is 1. The molecule has 2 aromatic carbocycles. The van der Waals surface area contributed by atoms with Crippen molar-refractivity contribution in [3.8, 4) is 0 Å². The van der Waals surface area contributed by atoms with Gasteiger partial charge in [0.25, 0.3) is 0 Å². The molecule has 4 amide bonds. The highest BCUT2D eigenvalue weighted by molar-refractivity contribution is 7.91. The van der Waals surface area contributed by atoms with E-state index in [4.69, 9.17) is 5.73 Å². The molecule has 1 aliphatic carbocycles. The maximum Gasteiger partial charge on any atom is 0.243 e. The molecule has 0 spiro atoms. The number of sulfone groups is 1. The van der Waals surface area contributed by atoms with Gasteiger partial charge in [0.1, 0.15) is 12.1 Å². The molecule has 2 aliphatic rings. The number of nitrogens with one attached hydrogen (secondary N) is 4. The molecule has 13 N–H and O–H groups in total. The van der Waals surface area contributed by atoms with Gasteiger partial charge in [-0.05, 0) is 53.4 Å². The van der Waals surface area contributed by atoms with E-state index in [1.54, 1.807) is 12.1 Å². The molecule has 17 heteroatoms. The van der Waals surface area contributed by atoms with Gasteiger partial charge in [0.15, 0.2) is 9.84 Å². The summed E-state index contributed by atoms with van der Waals surface area (Å²) in [7, 11) is -3.58. The molecule has 4 rings (SSSR count). The molecular formula is C41H68ClN5O10S. The summed E-state index contributed by atoms with van der Waals surface area (Å²) in [6.45, 7) is 8.56.